The van der Waals surface area contributed by atoms with Crippen LogP contribution in [0.25, 0.3) is 22.2 Å². The lowest BCUT2D eigenvalue weighted by atomic mass is 9.86. The smallest absolute Gasteiger partial charge is 0.223 e. The predicted octanol–water partition coefficient (Wildman–Crippen LogP) is 4.78. The summed E-state index contributed by atoms with van der Waals surface area (Å²) in [5.41, 5.74) is 4.41. The van der Waals surface area contributed by atoms with Gasteiger partial charge in [-0.25, -0.2) is 4.98 Å². The van der Waals surface area contributed by atoms with Crippen LogP contribution in [-0.4, -0.2) is 42.6 Å². The number of nitrogens with one attached hydrogen (secondary N) is 1. The number of H-pyrrole nitrogens is 1. The van der Waals surface area contributed by atoms with Crippen LogP contribution >= 0.6 is 0 Å². The highest BCUT2D eigenvalue weighted by molar-refractivity contribution is 5.82. The van der Waals surface area contributed by atoms with E-state index in [1.807, 2.05) is 18.7 Å². The van der Waals surface area contributed by atoms with Crippen LogP contribution in [-0.2, 0) is 11.3 Å². The summed E-state index contributed by atoms with van der Waals surface area (Å²) in [7, 11) is 0. The fourth-order valence-electron chi connectivity index (χ4n) is 6.49. The Kier molecular flexibility index (Phi) is 4.81. The molecule has 2 aliphatic heterocycles. The predicted molar refractivity (Wildman–Crippen MR) is 120 cm³/mol. The maximum absolute atomic E-state index is 13.2. The zero-order valence-electron chi connectivity index (χ0n) is 18.0. The number of hydrogen-bond acceptors (Lipinski definition) is 3. The average Bonchev–Trinajstić information content (AvgIpc) is 3.58. The van der Waals surface area contributed by atoms with Gasteiger partial charge in [-0.3, -0.25) is 9.89 Å². The van der Waals surface area contributed by atoms with E-state index in [0.717, 1.165) is 36.0 Å². The molecular formula is C25H31N5O. The van der Waals surface area contributed by atoms with Gasteiger partial charge in [-0.15, -0.1) is 0 Å². The molecule has 1 aliphatic carbocycles. The van der Waals surface area contributed by atoms with Crippen molar-refractivity contribution >= 4 is 16.9 Å². The second-order valence-corrected chi connectivity index (χ2v) is 9.89. The molecule has 6 rings (SSSR count). The molecule has 0 radical (unpaired) electrons. The number of benzene rings is 1. The van der Waals surface area contributed by atoms with Crippen molar-refractivity contribution in [3.05, 3.63) is 36.9 Å². The highest BCUT2D eigenvalue weighted by Crippen LogP contribution is 2.43. The molecule has 1 amide bonds. The van der Waals surface area contributed by atoms with Crippen molar-refractivity contribution in [3.8, 4) is 11.1 Å². The van der Waals surface area contributed by atoms with Crippen LogP contribution in [0, 0.1) is 11.8 Å². The normalized spacial score (nSPS) is 26.2. The van der Waals surface area contributed by atoms with Crippen LogP contribution in [0.15, 0.2) is 36.9 Å². The van der Waals surface area contributed by atoms with Gasteiger partial charge in [0.15, 0.2) is 0 Å². The zero-order chi connectivity index (χ0) is 20.8. The molecule has 2 saturated heterocycles. The molecule has 6 nitrogen and oxygen atoms in total. The summed E-state index contributed by atoms with van der Waals surface area (Å²) in [5, 5.41) is 6.93. The number of aromatic amines is 1. The Morgan fingerprint density at radius 1 is 1.10 bits per heavy atom. The van der Waals surface area contributed by atoms with E-state index < -0.39 is 0 Å². The number of imidazole rings is 1. The number of hydrogen-bond donors (Lipinski definition) is 1. The lowest BCUT2D eigenvalue weighted by Crippen LogP contribution is -2.38. The number of fused-ring (bicyclic) bond motifs is 3. The van der Waals surface area contributed by atoms with E-state index in [1.54, 1.807) is 0 Å². The second kappa shape index (κ2) is 7.81. The summed E-state index contributed by atoms with van der Waals surface area (Å²) in [6, 6.07) is 7.34. The topological polar surface area (TPSA) is 66.8 Å². The average molecular weight is 418 g/mol. The van der Waals surface area contributed by atoms with Gasteiger partial charge >= 0.3 is 0 Å². The number of carbonyl (C=O) groups excluding carboxylic acids is 1. The minimum absolute atomic E-state index is 0.420. The van der Waals surface area contributed by atoms with Gasteiger partial charge in [-0.2, -0.15) is 5.10 Å². The molecule has 3 fully saturated rings. The Balaban J connectivity index is 1.17. The summed E-state index contributed by atoms with van der Waals surface area (Å²) in [5.74, 6) is 1.60. The van der Waals surface area contributed by atoms with Crippen LogP contribution in [0.3, 0.4) is 0 Å². The molecule has 1 aromatic carbocycles. The van der Waals surface area contributed by atoms with Crippen molar-refractivity contribution in [3.63, 3.8) is 0 Å². The molecule has 4 heterocycles. The zero-order valence-corrected chi connectivity index (χ0v) is 18.0. The van der Waals surface area contributed by atoms with Gasteiger partial charge in [-0.1, -0.05) is 25.3 Å². The first-order valence-corrected chi connectivity index (χ1v) is 12.0. The lowest BCUT2D eigenvalue weighted by Gasteiger charge is -2.28. The van der Waals surface area contributed by atoms with Crippen LogP contribution in [0.4, 0.5) is 0 Å². The molecule has 6 heteroatoms. The third-order valence-electron chi connectivity index (χ3n) is 8.03. The molecule has 1 N–H and O–H groups in total. The number of nitrogens with zero attached hydrogens (tertiary/aromatic N) is 4. The minimum Gasteiger partial charge on any atom is -0.336 e. The van der Waals surface area contributed by atoms with Crippen molar-refractivity contribution in [2.45, 2.75) is 76.4 Å². The standard InChI is InChI=1S/C25H31N5O/c31-25(10-17-4-2-1-3-5-17)30-21-7-9-23(30)19(11-21)15-29-16-26-22-12-18(6-8-24(22)29)20-13-27-28-14-20/h6,8,12-14,16-17,19,21,23H,1-5,7,9-11,15H2,(H,27,28). The van der Waals surface area contributed by atoms with Crippen LogP contribution < -0.4 is 0 Å². The van der Waals surface area contributed by atoms with Crippen molar-refractivity contribution < 1.29 is 4.79 Å². The maximum atomic E-state index is 13.2. The molecule has 162 valence electrons. The van der Waals surface area contributed by atoms with Gasteiger partial charge in [0.05, 0.1) is 23.6 Å². The van der Waals surface area contributed by atoms with Crippen molar-refractivity contribution in [1.82, 2.24) is 24.6 Å². The van der Waals surface area contributed by atoms with Gasteiger partial charge in [0.25, 0.3) is 0 Å². The highest BCUT2D eigenvalue weighted by atomic mass is 16.2. The SMILES string of the molecule is O=C(CC1CCCCC1)N1C2CCC1C(Cn1cnc3cc(-c4cn[nH]c4)ccc31)C2. The van der Waals surface area contributed by atoms with Gasteiger partial charge in [0.1, 0.15) is 0 Å². The molecular weight excluding hydrogens is 386 g/mol. The fourth-order valence-corrected chi connectivity index (χ4v) is 6.49. The number of aromatic nitrogens is 4. The summed E-state index contributed by atoms with van der Waals surface area (Å²) in [4.78, 5) is 20.2. The largest absolute Gasteiger partial charge is 0.336 e. The molecule has 0 spiro atoms. The monoisotopic (exact) mass is 417 g/mol. The number of carbonyl (C=O) groups is 1. The molecule has 3 atom stereocenters. The van der Waals surface area contributed by atoms with Gasteiger partial charge in [0.2, 0.25) is 5.91 Å². The van der Waals surface area contributed by atoms with Crippen LogP contribution in [0.5, 0.6) is 0 Å². The van der Waals surface area contributed by atoms with E-state index in [0.29, 0.717) is 29.8 Å². The highest BCUT2D eigenvalue weighted by Gasteiger charge is 2.48. The van der Waals surface area contributed by atoms with Gasteiger partial charge in [0, 0.05) is 36.8 Å². The summed E-state index contributed by atoms with van der Waals surface area (Å²) >= 11 is 0. The first-order valence-electron chi connectivity index (χ1n) is 12.0. The van der Waals surface area contributed by atoms with E-state index in [1.165, 1.54) is 50.5 Å². The Bertz CT molecular complexity index is 1060. The Labute approximate surface area is 183 Å². The number of rotatable bonds is 5. The minimum atomic E-state index is 0.420. The van der Waals surface area contributed by atoms with Crippen molar-refractivity contribution in [2.24, 2.45) is 11.8 Å². The molecule has 31 heavy (non-hydrogen) atoms. The Hall–Kier alpha value is -2.63. The van der Waals surface area contributed by atoms with E-state index in [-0.39, 0.29) is 0 Å². The molecule has 3 unspecified atom stereocenters. The molecule has 2 bridgehead atoms. The Morgan fingerprint density at radius 2 is 2.00 bits per heavy atom. The third kappa shape index (κ3) is 3.46. The maximum Gasteiger partial charge on any atom is 0.223 e. The molecule has 3 aromatic rings. The quantitative estimate of drug-likeness (QED) is 0.650. The fraction of sp³-hybridized carbons (Fsp3) is 0.560. The van der Waals surface area contributed by atoms with Gasteiger partial charge < -0.3 is 9.47 Å². The van der Waals surface area contributed by atoms with E-state index >= 15 is 0 Å². The van der Waals surface area contributed by atoms with Crippen molar-refractivity contribution in [1.29, 1.82) is 0 Å². The molecule has 1 saturated carbocycles. The van der Waals surface area contributed by atoms with E-state index in [4.69, 9.17) is 0 Å². The summed E-state index contributed by atoms with van der Waals surface area (Å²) < 4.78 is 2.30. The lowest BCUT2D eigenvalue weighted by molar-refractivity contribution is -0.133. The second-order valence-electron chi connectivity index (χ2n) is 9.89. The van der Waals surface area contributed by atoms with E-state index in [9.17, 15) is 4.79 Å². The van der Waals surface area contributed by atoms with Crippen molar-refractivity contribution in [2.75, 3.05) is 0 Å². The molecule has 2 aromatic heterocycles. The summed E-state index contributed by atoms with van der Waals surface area (Å²) in [6.45, 7) is 0.954. The number of amides is 1. The Morgan fingerprint density at radius 3 is 2.84 bits per heavy atom. The first-order chi connectivity index (χ1) is 15.3. The van der Waals surface area contributed by atoms with E-state index in [2.05, 4.69) is 42.8 Å². The first kappa shape index (κ1) is 19.1. The van der Waals surface area contributed by atoms with Crippen LogP contribution in [0.2, 0.25) is 0 Å². The molecule has 3 aliphatic rings. The van der Waals surface area contributed by atoms with Crippen LogP contribution in [0.1, 0.15) is 57.8 Å². The van der Waals surface area contributed by atoms with Gasteiger partial charge in [-0.05, 0) is 61.6 Å². The summed E-state index contributed by atoms with van der Waals surface area (Å²) in [6.07, 6.45) is 16.5. The third-order valence-corrected chi connectivity index (χ3v) is 8.03.